The summed E-state index contributed by atoms with van der Waals surface area (Å²) in [5.74, 6) is -0.651. The lowest BCUT2D eigenvalue weighted by Crippen LogP contribution is -2.04. The van der Waals surface area contributed by atoms with E-state index in [-0.39, 0.29) is 10.6 Å². The summed E-state index contributed by atoms with van der Waals surface area (Å²) in [6, 6.07) is 7.07. The van der Waals surface area contributed by atoms with Crippen molar-refractivity contribution in [1.82, 2.24) is 0 Å². The van der Waals surface area contributed by atoms with Crippen molar-refractivity contribution >= 4 is 23.3 Å². The largest absolute Gasteiger partial charge is 0.416 e. The van der Waals surface area contributed by atoms with Crippen LogP contribution in [0.15, 0.2) is 47.4 Å². The molecule has 0 fully saturated rings. The number of alkyl halides is 3. The Morgan fingerprint density at radius 2 is 1.73 bits per heavy atom. The van der Waals surface area contributed by atoms with E-state index in [1.165, 1.54) is 12.1 Å². The van der Waals surface area contributed by atoms with Gasteiger partial charge in [0.05, 0.1) is 10.5 Å². The third kappa shape index (κ3) is 3.88. The van der Waals surface area contributed by atoms with E-state index in [2.05, 4.69) is 4.72 Å². The van der Waals surface area contributed by atoms with Gasteiger partial charge in [0.1, 0.15) is 10.7 Å². The van der Waals surface area contributed by atoms with Crippen LogP contribution >= 0.6 is 11.9 Å². The Morgan fingerprint density at radius 3 is 2.27 bits per heavy atom. The number of nitrogens with zero attached hydrogens (tertiary/aromatic N) is 1. The van der Waals surface area contributed by atoms with Crippen LogP contribution in [0.2, 0.25) is 0 Å². The Bertz CT molecular complexity index is 689. The van der Waals surface area contributed by atoms with Crippen molar-refractivity contribution in [3.63, 3.8) is 0 Å². The van der Waals surface area contributed by atoms with Gasteiger partial charge in [0.25, 0.3) is 5.69 Å². The maximum atomic E-state index is 13.1. The van der Waals surface area contributed by atoms with Gasteiger partial charge in [-0.05, 0) is 48.3 Å². The molecule has 116 valence electrons. The van der Waals surface area contributed by atoms with E-state index in [9.17, 15) is 27.7 Å². The van der Waals surface area contributed by atoms with Crippen molar-refractivity contribution in [3.05, 3.63) is 64.0 Å². The van der Waals surface area contributed by atoms with Crippen LogP contribution in [0, 0.1) is 15.9 Å². The van der Waals surface area contributed by atoms with Crippen molar-refractivity contribution in [2.45, 2.75) is 11.1 Å². The van der Waals surface area contributed by atoms with Crippen LogP contribution in [0.1, 0.15) is 5.56 Å². The molecular weight excluding hydrogens is 324 g/mol. The highest BCUT2D eigenvalue weighted by molar-refractivity contribution is 8.00. The summed E-state index contributed by atoms with van der Waals surface area (Å²) in [4.78, 5) is 10.2. The van der Waals surface area contributed by atoms with Crippen molar-refractivity contribution in [1.29, 1.82) is 0 Å². The Morgan fingerprint density at radius 1 is 1.09 bits per heavy atom. The Hall–Kier alpha value is -2.29. The molecule has 1 N–H and O–H groups in total. The van der Waals surface area contributed by atoms with Gasteiger partial charge < -0.3 is 4.72 Å². The van der Waals surface area contributed by atoms with Crippen molar-refractivity contribution in [2.75, 3.05) is 4.72 Å². The highest BCUT2D eigenvalue weighted by Gasteiger charge is 2.29. The molecule has 0 amide bonds. The van der Waals surface area contributed by atoms with Gasteiger partial charge in [0, 0.05) is 11.8 Å². The number of nitrogens with one attached hydrogen (secondary N) is 1. The first kappa shape index (κ1) is 16.1. The van der Waals surface area contributed by atoms with E-state index >= 15 is 0 Å². The van der Waals surface area contributed by atoms with Crippen molar-refractivity contribution < 1.29 is 22.5 Å². The van der Waals surface area contributed by atoms with Gasteiger partial charge in [-0.15, -0.1) is 0 Å². The molecule has 22 heavy (non-hydrogen) atoms. The second-order valence-corrected chi connectivity index (χ2v) is 5.00. The first-order chi connectivity index (χ1) is 10.3. The smallest absolute Gasteiger partial charge is 0.325 e. The zero-order valence-corrected chi connectivity index (χ0v) is 11.5. The molecule has 0 aliphatic rings. The van der Waals surface area contributed by atoms with E-state index in [0.29, 0.717) is 5.69 Å². The molecule has 0 saturated carbocycles. The average Bonchev–Trinajstić information content (AvgIpc) is 2.44. The predicted octanol–water partition coefficient (Wildman–Crippen LogP) is 4.87. The summed E-state index contributed by atoms with van der Waals surface area (Å²) in [6.07, 6.45) is -4.44. The lowest BCUT2D eigenvalue weighted by Gasteiger charge is -2.09. The Labute approximate surface area is 126 Å². The molecule has 0 unspecified atom stereocenters. The molecule has 0 atom stereocenters. The summed E-state index contributed by atoms with van der Waals surface area (Å²) >= 11 is 0.743. The highest BCUT2D eigenvalue weighted by atomic mass is 32.2. The number of anilines is 1. The maximum absolute atomic E-state index is 13.1. The van der Waals surface area contributed by atoms with Crippen LogP contribution in [0.4, 0.5) is 28.9 Å². The third-order valence-electron chi connectivity index (χ3n) is 2.61. The molecule has 9 heteroatoms. The van der Waals surface area contributed by atoms with Gasteiger partial charge in [0.15, 0.2) is 0 Å². The minimum Gasteiger partial charge on any atom is -0.325 e. The molecule has 0 aromatic heterocycles. The highest BCUT2D eigenvalue weighted by Crippen LogP contribution is 2.33. The van der Waals surface area contributed by atoms with E-state index < -0.39 is 22.5 Å². The number of rotatable bonds is 4. The summed E-state index contributed by atoms with van der Waals surface area (Å²) in [7, 11) is 0. The number of hydrogen-bond donors (Lipinski definition) is 1. The van der Waals surface area contributed by atoms with Crippen LogP contribution < -0.4 is 4.72 Å². The lowest BCUT2D eigenvalue weighted by atomic mass is 10.2. The van der Waals surface area contributed by atoms with Crippen molar-refractivity contribution in [3.8, 4) is 0 Å². The molecule has 0 heterocycles. The fraction of sp³-hybridized carbons (Fsp3) is 0.0769. The molecule has 0 aliphatic heterocycles. The predicted molar refractivity (Wildman–Crippen MR) is 74.0 cm³/mol. The van der Waals surface area contributed by atoms with Crippen LogP contribution in [-0.4, -0.2) is 4.92 Å². The van der Waals surface area contributed by atoms with Crippen LogP contribution in [0.25, 0.3) is 0 Å². The molecule has 0 spiro atoms. The standard InChI is InChI=1S/C13H8F4N2O2S/c14-9-3-6-11(19(20)21)12(7-9)22-18-10-4-1-8(2-5-10)13(15,16)17/h1-7,18H. The molecule has 0 aliphatic carbocycles. The van der Waals surface area contributed by atoms with Gasteiger partial charge >= 0.3 is 6.18 Å². The summed E-state index contributed by atoms with van der Waals surface area (Å²) < 4.78 is 53.0. The molecule has 0 bridgehead atoms. The quantitative estimate of drug-likeness (QED) is 0.375. The molecular formula is C13H8F4N2O2S. The summed E-state index contributed by atoms with van der Waals surface area (Å²) in [5.41, 5.74) is -0.804. The van der Waals surface area contributed by atoms with Gasteiger partial charge in [-0.2, -0.15) is 13.2 Å². The maximum Gasteiger partial charge on any atom is 0.416 e. The zero-order valence-electron chi connectivity index (χ0n) is 10.7. The number of benzene rings is 2. The first-order valence-corrected chi connectivity index (χ1v) is 6.63. The molecule has 0 radical (unpaired) electrons. The molecule has 2 aromatic carbocycles. The fourth-order valence-electron chi connectivity index (χ4n) is 1.56. The first-order valence-electron chi connectivity index (χ1n) is 5.81. The van der Waals surface area contributed by atoms with Gasteiger partial charge in [0.2, 0.25) is 0 Å². The second-order valence-electron chi connectivity index (χ2n) is 4.15. The SMILES string of the molecule is O=[N+]([O-])c1ccc(F)cc1SNc1ccc(C(F)(F)F)cc1. The van der Waals surface area contributed by atoms with Crippen LogP contribution in [0.3, 0.4) is 0 Å². The number of nitro benzene ring substituents is 1. The number of nitro groups is 1. The normalized spacial score (nSPS) is 11.3. The van der Waals surface area contributed by atoms with Crippen molar-refractivity contribution in [2.24, 2.45) is 0 Å². The number of hydrogen-bond acceptors (Lipinski definition) is 4. The topological polar surface area (TPSA) is 55.2 Å². The summed E-state index contributed by atoms with van der Waals surface area (Å²) in [5, 5.41) is 10.8. The van der Waals surface area contributed by atoms with Crippen LogP contribution in [-0.2, 0) is 6.18 Å². The van der Waals surface area contributed by atoms with Gasteiger partial charge in [-0.1, -0.05) is 0 Å². The fourth-order valence-corrected chi connectivity index (χ4v) is 2.34. The molecule has 2 aromatic rings. The number of halogens is 4. The zero-order chi connectivity index (χ0) is 16.3. The molecule has 0 saturated heterocycles. The van der Waals surface area contributed by atoms with E-state index in [0.717, 1.165) is 42.3 Å². The van der Waals surface area contributed by atoms with Gasteiger partial charge in [-0.25, -0.2) is 4.39 Å². The third-order valence-corrected chi connectivity index (χ3v) is 3.49. The minimum atomic E-state index is -4.44. The Kier molecular flexibility index (Phi) is 4.55. The van der Waals surface area contributed by atoms with Crippen LogP contribution in [0.5, 0.6) is 0 Å². The molecule has 2 rings (SSSR count). The van der Waals surface area contributed by atoms with E-state index in [1.807, 2.05) is 0 Å². The lowest BCUT2D eigenvalue weighted by molar-refractivity contribution is -0.387. The van der Waals surface area contributed by atoms with E-state index in [1.54, 1.807) is 0 Å². The second kappa shape index (κ2) is 6.22. The Balaban J connectivity index is 2.13. The minimum absolute atomic E-state index is 0.0184. The monoisotopic (exact) mass is 332 g/mol. The molecule has 4 nitrogen and oxygen atoms in total. The van der Waals surface area contributed by atoms with E-state index in [4.69, 9.17) is 0 Å². The van der Waals surface area contributed by atoms with Gasteiger partial charge in [-0.3, -0.25) is 10.1 Å². The average molecular weight is 332 g/mol. The summed E-state index contributed by atoms with van der Waals surface area (Å²) in [6.45, 7) is 0.